The highest BCUT2D eigenvalue weighted by atomic mass is 16.3. The van der Waals surface area contributed by atoms with E-state index in [1.54, 1.807) is 6.20 Å². The zero-order valence-electron chi connectivity index (χ0n) is 10.1. The molecule has 1 fully saturated rings. The van der Waals surface area contributed by atoms with Crippen molar-refractivity contribution in [1.82, 2.24) is 15.3 Å². The quantitative estimate of drug-likeness (QED) is 0.734. The number of carbonyl (C=O) groups excluding carboxylic acids is 1. The molecule has 0 radical (unpaired) electrons. The van der Waals surface area contributed by atoms with Gasteiger partial charge in [0.15, 0.2) is 0 Å². The second-order valence-corrected chi connectivity index (χ2v) is 4.58. The first-order valence-electron chi connectivity index (χ1n) is 6.22. The molecule has 0 atom stereocenters. The van der Waals surface area contributed by atoms with Gasteiger partial charge in [0.1, 0.15) is 11.5 Å². The van der Waals surface area contributed by atoms with Crippen LogP contribution < -0.4 is 5.32 Å². The van der Waals surface area contributed by atoms with Gasteiger partial charge in [-0.2, -0.15) is 0 Å². The van der Waals surface area contributed by atoms with Crippen LogP contribution in [0.3, 0.4) is 0 Å². The zero-order valence-corrected chi connectivity index (χ0v) is 10.1. The summed E-state index contributed by atoms with van der Waals surface area (Å²) in [7, 11) is 0. The van der Waals surface area contributed by atoms with Crippen molar-refractivity contribution >= 4 is 5.91 Å². The van der Waals surface area contributed by atoms with Gasteiger partial charge in [-0.3, -0.25) is 4.79 Å². The average molecular weight is 237 g/mol. The Labute approximate surface area is 101 Å². The molecule has 1 aliphatic rings. The third kappa shape index (κ3) is 3.06. The lowest BCUT2D eigenvalue weighted by Gasteiger charge is -2.25. The van der Waals surface area contributed by atoms with Gasteiger partial charge in [-0.25, -0.2) is 4.98 Å². The van der Waals surface area contributed by atoms with Crippen LogP contribution >= 0.6 is 0 Å². The molecule has 1 amide bonds. The molecule has 0 spiro atoms. The van der Waals surface area contributed by atoms with E-state index in [1.165, 1.54) is 0 Å². The maximum absolute atomic E-state index is 11.9. The molecule has 94 valence electrons. The van der Waals surface area contributed by atoms with E-state index in [0.29, 0.717) is 5.69 Å². The molecule has 1 saturated carbocycles. The van der Waals surface area contributed by atoms with Crippen LogP contribution in [0.5, 0.6) is 0 Å². The summed E-state index contributed by atoms with van der Waals surface area (Å²) in [6.45, 7) is 1.99. The number of aromatic amines is 1. The summed E-state index contributed by atoms with van der Waals surface area (Å²) in [6.07, 6.45) is 5.42. The molecule has 0 aromatic carbocycles. The minimum Gasteiger partial charge on any atom is -0.393 e. The molecular formula is C12H19N3O2. The van der Waals surface area contributed by atoms with Gasteiger partial charge in [-0.1, -0.05) is 6.92 Å². The summed E-state index contributed by atoms with van der Waals surface area (Å²) in [5.74, 6) is 0.729. The van der Waals surface area contributed by atoms with Crippen LogP contribution in [0.2, 0.25) is 0 Å². The third-order valence-corrected chi connectivity index (χ3v) is 3.24. The summed E-state index contributed by atoms with van der Waals surface area (Å²) in [5.41, 5.74) is 0.521. The van der Waals surface area contributed by atoms with E-state index >= 15 is 0 Å². The molecule has 1 aliphatic carbocycles. The van der Waals surface area contributed by atoms with Crippen LogP contribution in [0.25, 0.3) is 0 Å². The first-order chi connectivity index (χ1) is 8.19. The molecule has 1 aromatic rings. The Morgan fingerprint density at radius 3 is 2.82 bits per heavy atom. The lowest BCUT2D eigenvalue weighted by Crippen LogP contribution is -2.38. The van der Waals surface area contributed by atoms with Crippen molar-refractivity contribution in [2.45, 2.75) is 51.2 Å². The molecular weight excluding hydrogens is 218 g/mol. The Kier molecular flexibility index (Phi) is 3.78. The number of rotatable bonds is 3. The van der Waals surface area contributed by atoms with E-state index in [-0.39, 0.29) is 18.1 Å². The number of hydrogen-bond acceptors (Lipinski definition) is 3. The molecule has 2 rings (SSSR count). The van der Waals surface area contributed by atoms with Crippen LogP contribution in [-0.2, 0) is 6.42 Å². The van der Waals surface area contributed by atoms with Crippen molar-refractivity contribution in [2.24, 2.45) is 0 Å². The normalized spacial score (nSPS) is 24.6. The Balaban J connectivity index is 1.88. The number of imidazole rings is 1. The first kappa shape index (κ1) is 12.1. The van der Waals surface area contributed by atoms with Gasteiger partial charge in [0.05, 0.1) is 12.3 Å². The summed E-state index contributed by atoms with van der Waals surface area (Å²) >= 11 is 0. The number of aryl methyl sites for hydroxylation is 1. The van der Waals surface area contributed by atoms with E-state index in [1.807, 2.05) is 6.92 Å². The van der Waals surface area contributed by atoms with E-state index in [2.05, 4.69) is 15.3 Å². The van der Waals surface area contributed by atoms with Gasteiger partial charge in [-0.05, 0) is 25.7 Å². The highest BCUT2D eigenvalue weighted by Crippen LogP contribution is 2.18. The molecule has 0 saturated heterocycles. The molecule has 5 heteroatoms. The van der Waals surface area contributed by atoms with Crippen molar-refractivity contribution < 1.29 is 9.90 Å². The number of aliphatic hydroxyl groups is 1. The lowest BCUT2D eigenvalue weighted by atomic mass is 9.93. The van der Waals surface area contributed by atoms with E-state index in [0.717, 1.165) is 37.9 Å². The van der Waals surface area contributed by atoms with Gasteiger partial charge in [-0.15, -0.1) is 0 Å². The summed E-state index contributed by atoms with van der Waals surface area (Å²) in [4.78, 5) is 19.0. The maximum Gasteiger partial charge on any atom is 0.269 e. The monoisotopic (exact) mass is 237 g/mol. The third-order valence-electron chi connectivity index (χ3n) is 3.24. The molecule has 3 N–H and O–H groups in total. The predicted octanol–water partition coefficient (Wildman–Crippen LogP) is 1.01. The van der Waals surface area contributed by atoms with Crippen molar-refractivity contribution in [2.75, 3.05) is 0 Å². The molecule has 0 bridgehead atoms. The molecule has 0 unspecified atom stereocenters. The number of H-pyrrole nitrogens is 1. The fourth-order valence-electron chi connectivity index (χ4n) is 2.14. The second-order valence-electron chi connectivity index (χ2n) is 4.58. The van der Waals surface area contributed by atoms with E-state index in [9.17, 15) is 9.90 Å². The minimum absolute atomic E-state index is 0.0985. The van der Waals surface area contributed by atoms with Crippen LogP contribution in [0.15, 0.2) is 6.20 Å². The van der Waals surface area contributed by atoms with Crippen molar-refractivity contribution in [1.29, 1.82) is 0 Å². The number of carbonyl (C=O) groups is 1. The minimum atomic E-state index is -0.193. The van der Waals surface area contributed by atoms with Crippen molar-refractivity contribution in [3.63, 3.8) is 0 Å². The lowest BCUT2D eigenvalue weighted by molar-refractivity contribution is 0.0863. The molecule has 1 aromatic heterocycles. The fraction of sp³-hybridized carbons (Fsp3) is 0.667. The smallest absolute Gasteiger partial charge is 0.269 e. The Morgan fingerprint density at radius 1 is 1.53 bits per heavy atom. The van der Waals surface area contributed by atoms with Crippen molar-refractivity contribution in [3.05, 3.63) is 17.7 Å². The Morgan fingerprint density at radius 2 is 2.24 bits per heavy atom. The van der Waals surface area contributed by atoms with Crippen LogP contribution in [0, 0.1) is 0 Å². The van der Waals surface area contributed by atoms with Crippen LogP contribution in [0.4, 0.5) is 0 Å². The molecule has 17 heavy (non-hydrogen) atoms. The fourth-order valence-corrected chi connectivity index (χ4v) is 2.14. The molecule has 0 aliphatic heterocycles. The van der Waals surface area contributed by atoms with Gasteiger partial charge in [0, 0.05) is 12.5 Å². The Hall–Kier alpha value is -1.36. The second kappa shape index (κ2) is 5.31. The maximum atomic E-state index is 11.9. The number of nitrogens with one attached hydrogen (secondary N) is 2. The topological polar surface area (TPSA) is 78.0 Å². The first-order valence-corrected chi connectivity index (χ1v) is 6.22. The van der Waals surface area contributed by atoms with E-state index in [4.69, 9.17) is 0 Å². The van der Waals surface area contributed by atoms with E-state index < -0.39 is 0 Å². The zero-order chi connectivity index (χ0) is 12.3. The van der Waals surface area contributed by atoms with Crippen LogP contribution in [0.1, 0.15) is 48.9 Å². The average Bonchev–Trinajstić information content (AvgIpc) is 2.81. The largest absolute Gasteiger partial charge is 0.393 e. The van der Waals surface area contributed by atoms with Gasteiger partial charge in [0.25, 0.3) is 5.91 Å². The Bertz CT molecular complexity index is 381. The standard InChI is InChI=1S/C12H19N3O2/c1-2-11-13-7-10(15-11)12(17)14-8-3-5-9(16)6-4-8/h7-9,16H,2-6H2,1H3,(H,13,15)(H,14,17). The molecule has 1 heterocycles. The van der Waals surface area contributed by atoms with Crippen molar-refractivity contribution in [3.8, 4) is 0 Å². The van der Waals surface area contributed by atoms with Gasteiger partial charge in [0.2, 0.25) is 0 Å². The number of hydrogen-bond donors (Lipinski definition) is 3. The number of amides is 1. The number of aliphatic hydroxyl groups excluding tert-OH is 1. The highest BCUT2D eigenvalue weighted by Gasteiger charge is 2.21. The SMILES string of the molecule is CCc1ncc(C(=O)NC2CCC(O)CC2)[nH]1. The summed E-state index contributed by atoms with van der Waals surface area (Å²) in [6, 6.07) is 0.180. The predicted molar refractivity (Wildman–Crippen MR) is 63.7 cm³/mol. The molecule has 5 nitrogen and oxygen atoms in total. The highest BCUT2D eigenvalue weighted by molar-refractivity contribution is 5.92. The number of aromatic nitrogens is 2. The van der Waals surface area contributed by atoms with Crippen LogP contribution in [-0.4, -0.2) is 33.1 Å². The number of nitrogens with zero attached hydrogens (tertiary/aromatic N) is 1. The summed E-state index contributed by atoms with van der Waals surface area (Å²) < 4.78 is 0. The van der Waals surface area contributed by atoms with Gasteiger partial charge < -0.3 is 15.4 Å². The summed E-state index contributed by atoms with van der Waals surface area (Å²) in [5, 5.41) is 12.4. The van der Waals surface area contributed by atoms with Gasteiger partial charge >= 0.3 is 0 Å².